The summed E-state index contributed by atoms with van der Waals surface area (Å²) in [6.07, 6.45) is 0. The van der Waals surface area contributed by atoms with E-state index in [-0.39, 0.29) is 69.9 Å². The van der Waals surface area contributed by atoms with Gasteiger partial charge in [0.25, 0.3) is 0 Å². The summed E-state index contributed by atoms with van der Waals surface area (Å²) in [7, 11) is 3.04. The summed E-state index contributed by atoms with van der Waals surface area (Å²) in [6.45, 7) is 0. The third-order valence-corrected chi connectivity index (χ3v) is 0.373. The van der Waals surface area contributed by atoms with Gasteiger partial charge in [0.05, 0.1) is 0 Å². The van der Waals surface area contributed by atoms with Crippen LogP contribution in [0.5, 0.6) is 0 Å². The van der Waals surface area contributed by atoms with E-state index in [1.807, 2.05) is 0 Å². The molecule has 0 fully saturated rings. The number of hydrogen-bond donors (Lipinski definition) is 0. The molecule has 0 unspecified atom stereocenters. The first-order valence-electron chi connectivity index (χ1n) is 0.933. The van der Waals surface area contributed by atoms with Gasteiger partial charge >= 0.3 is 0 Å². The largest absolute Gasteiger partial charge is 0.866 e. The van der Waals surface area contributed by atoms with Crippen molar-refractivity contribution in [2.75, 3.05) is 0 Å². The smallest absolute Gasteiger partial charge is 0 e. The number of nitrogens with zero attached hydrogens (tertiary/aromatic N) is 1. The van der Waals surface area contributed by atoms with Gasteiger partial charge in [-0.25, -0.2) is 11.6 Å². The molecule has 36 valence electrons. The predicted molar refractivity (Wildman–Crippen MR) is 26.0 cm³/mol. The molecule has 2 radical (unpaired) electrons. The van der Waals surface area contributed by atoms with Gasteiger partial charge < -0.3 is 17.6 Å². The van der Waals surface area contributed by atoms with Crippen molar-refractivity contribution in [2.24, 2.45) is 4.99 Å². The predicted octanol–water partition coefficient (Wildman–Crippen LogP) is 0.915. The summed E-state index contributed by atoms with van der Waals surface area (Å²) in [5, 5.41) is 0. The second-order valence-electron chi connectivity index (χ2n) is 0.411. The molecule has 0 amide bonds. The van der Waals surface area contributed by atoms with Crippen LogP contribution in [0.25, 0.3) is 0 Å². The average Bonchev–Trinajstić information content (AvgIpc) is 1.38. The van der Waals surface area contributed by atoms with Gasteiger partial charge in [0, 0.05) is 65.4 Å². The van der Waals surface area contributed by atoms with Gasteiger partial charge in [0.15, 0.2) is 0 Å². The van der Waals surface area contributed by atoms with Crippen LogP contribution in [0.3, 0.4) is 0 Å². The SMILES string of the molecule is [CH2-]N=C([S-])Cl.[Y].[Y]. The molecule has 0 saturated heterocycles. The van der Waals surface area contributed by atoms with Crippen LogP contribution >= 0.6 is 11.6 Å². The minimum atomic E-state index is 0. The van der Waals surface area contributed by atoms with Crippen LogP contribution in [-0.4, -0.2) is 4.50 Å². The van der Waals surface area contributed by atoms with E-state index in [2.05, 4.69) is 24.7 Å². The molecule has 0 aromatic rings. The van der Waals surface area contributed by atoms with E-state index in [9.17, 15) is 0 Å². The fraction of sp³-hybridized carbons (Fsp3) is 0. The molecule has 0 N–H and O–H groups in total. The Bertz CT molecular complexity index is 53.7. The summed E-state index contributed by atoms with van der Waals surface area (Å²) < 4.78 is 0.0741. The monoisotopic (exact) mass is 285 g/mol. The quantitative estimate of drug-likeness (QED) is 0.279. The maximum atomic E-state index is 4.96. The molecular formula is C2H2ClNSY2-2. The normalized spacial score (nSPS) is 8.43. The van der Waals surface area contributed by atoms with E-state index in [0.29, 0.717) is 0 Å². The molecule has 0 aliphatic heterocycles. The van der Waals surface area contributed by atoms with Gasteiger partial charge in [0.2, 0.25) is 0 Å². The average molecular weight is 285 g/mol. The first-order valence-corrected chi connectivity index (χ1v) is 1.72. The number of rotatable bonds is 0. The Morgan fingerprint density at radius 1 is 1.57 bits per heavy atom. The first kappa shape index (κ1) is 16.1. The van der Waals surface area contributed by atoms with E-state index >= 15 is 0 Å². The van der Waals surface area contributed by atoms with E-state index in [0.717, 1.165) is 0 Å². The van der Waals surface area contributed by atoms with Gasteiger partial charge in [-0.2, -0.15) is 11.6 Å². The van der Waals surface area contributed by atoms with Gasteiger partial charge in [-0.05, 0) is 0 Å². The van der Waals surface area contributed by atoms with Crippen molar-refractivity contribution < 1.29 is 65.4 Å². The Balaban J connectivity index is -0.0000000800. The Morgan fingerprint density at radius 3 is 1.71 bits per heavy atom. The molecule has 1 nitrogen and oxygen atoms in total. The van der Waals surface area contributed by atoms with Crippen LogP contribution in [0.2, 0.25) is 0 Å². The molecule has 0 aromatic carbocycles. The fourth-order valence-electron chi connectivity index (χ4n) is 0. The first-order chi connectivity index (χ1) is 2.27. The second-order valence-corrected chi connectivity index (χ2v) is 1.38. The van der Waals surface area contributed by atoms with Gasteiger partial charge in [-0.3, -0.25) is 0 Å². The van der Waals surface area contributed by atoms with Crippen LogP contribution in [0, 0.1) is 7.05 Å². The molecule has 0 bridgehead atoms. The third-order valence-electron chi connectivity index (χ3n) is 0.124. The Labute approximate surface area is 104 Å². The van der Waals surface area contributed by atoms with Crippen molar-refractivity contribution >= 4 is 28.7 Å². The van der Waals surface area contributed by atoms with Gasteiger partial charge in [-0.1, -0.05) is 0 Å². The summed E-state index contributed by atoms with van der Waals surface area (Å²) >= 11 is 9.20. The van der Waals surface area contributed by atoms with Crippen molar-refractivity contribution in [1.29, 1.82) is 0 Å². The molecule has 0 saturated carbocycles. The number of halogens is 1. The maximum Gasteiger partial charge on any atom is 0 e. The zero-order chi connectivity index (χ0) is 4.28. The summed E-state index contributed by atoms with van der Waals surface area (Å²) in [6, 6.07) is 0. The molecule has 0 spiro atoms. The number of aliphatic imine (C=N–C) groups is 1. The summed E-state index contributed by atoms with van der Waals surface area (Å²) in [5.41, 5.74) is 0. The Kier molecular flexibility index (Phi) is 25.6. The molecular weight excluding hydrogens is 283 g/mol. The van der Waals surface area contributed by atoms with E-state index < -0.39 is 0 Å². The van der Waals surface area contributed by atoms with E-state index in [4.69, 9.17) is 11.6 Å². The summed E-state index contributed by atoms with van der Waals surface area (Å²) in [5.74, 6) is 0. The molecule has 7 heavy (non-hydrogen) atoms. The van der Waals surface area contributed by atoms with Crippen LogP contribution in [-0.2, 0) is 78.0 Å². The summed E-state index contributed by atoms with van der Waals surface area (Å²) in [4.78, 5) is 3.14. The van der Waals surface area contributed by atoms with Crippen LogP contribution in [0.1, 0.15) is 0 Å². The third kappa shape index (κ3) is 17.8. The van der Waals surface area contributed by atoms with Crippen LogP contribution in [0.15, 0.2) is 4.99 Å². The minimum absolute atomic E-state index is 0. The zero-order valence-electron chi connectivity index (χ0n) is 3.60. The molecule has 5 heteroatoms. The fourth-order valence-corrected chi connectivity index (χ4v) is 0. The minimum Gasteiger partial charge on any atom is -0.866 e. The van der Waals surface area contributed by atoms with Gasteiger partial charge in [-0.15, -0.1) is 0 Å². The topological polar surface area (TPSA) is 12.4 Å². The second kappa shape index (κ2) is 11.1. The van der Waals surface area contributed by atoms with Crippen molar-refractivity contribution in [3.63, 3.8) is 0 Å². The maximum absolute atomic E-state index is 4.96. The van der Waals surface area contributed by atoms with E-state index in [1.165, 1.54) is 0 Å². The van der Waals surface area contributed by atoms with Crippen molar-refractivity contribution in [2.45, 2.75) is 0 Å². The van der Waals surface area contributed by atoms with Crippen molar-refractivity contribution in [1.82, 2.24) is 0 Å². The molecule has 0 rings (SSSR count). The molecule has 0 aromatic heterocycles. The van der Waals surface area contributed by atoms with Crippen molar-refractivity contribution in [3.8, 4) is 0 Å². The zero-order valence-corrected chi connectivity index (χ0v) is 10.8. The molecule has 0 heterocycles. The molecule has 0 aliphatic carbocycles. The van der Waals surface area contributed by atoms with E-state index in [1.54, 1.807) is 0 Å². The molecule has 0 atom stereocenters. The van der Waals surface area contributed by atoms with Crippen molar-refractivity contribution in [3.05, 3.63) is 7.05 Å². The molecule has 0 aliphatic rings. The standard InChI is InChI=1S/C2H3ClNS.2Y/c1-4-2(3)5;;/h1H2,(H,4,5);;/q-1;;/p-1. The number of hydrogen-bond acceptors (Lipinski definition) is 2. The Hall–Kier alpha value is 2.26. The van der Waals surface area contributed by atoms with Gasteiger partial charge in [0.1, 0.15) is 0 Å². The van der Waals surface area contributed by atoms with Crippen LogP contribution in [0.4, 0.5) is 0 Å². The Morgan fingerprint density at radius 2 is 1.71 bits per heavy atom. The van der Waals surface area contributed by atoms with Crippen LogP contribution < -0.4 is 0 Å².